The summed E-state index contributed by atoms with van der Waals surface area (Å²) in [6.45, 7) is 1.46. The quantitative estimate of drug-likeness (QED) is 0.455. The SMILES string of the molecule is CC(=O)Nc1ccc(N=Cc2c(O)[nH]c3cc(-c4ccco4)ccc23)cc1. The Kier molecular flexibility index (Phi) is 4.22. The molecule has 0 saturated heterocycles. The molecule has 134 valence electrons. The van der Waals surface area contributed by atoms with Gasteiger partial charge in [0, 0.05) is 35.3 Å². The lowest BCUT2D eigenvalue weighted by Gasteiger charge is -2.01. The minimum Gasteiger partial charge on any atom is -0.494 e. The van der Waals surface area contributed by atoms with Gasteiger partial charge in [0.2, 0.25) is 5.91 Å². The highest BCUT2D eigenvalue weighted by atomic mass is 16.3. The summed E-state index contributed by atoms with van der Waals surface area (Å²) in [5.41, 5.74) is 3.75. The monoisotopic (exact) mass is 359 g/mol. The third kappa shape index (κ3) is 3.46. The highest BCUT2D eigenvalue weighted by Crippen LogP contribution is 2.30. The average Bonchev–Trinajstić information content (AvgIpc) is 3.28. The normalized spacial score (nSPS) is 11.3. The fourth-order valence-electron chi connectivity index (χ4n) is 2.90. The predicted molar refractivity (Wildman–Crippen MR) is 106 cm³/mol. The number of anilines is 1. The van der Waals surface area contributed by atoms with E-state index in [1.54, 1.807) is 36.7 Å². The van der Waals surface area contributed by atoms with Gasteiger partial charge in [0.25, 0.3) is 0 Å². The van der Waals surface area contributed by atoms with Crippen LogP contribution in [-0.2, 0) is 4.79 Å². The fourth-order valence-corrected chi connectivity index (χ4v) is 2.90. The number of hydrogen-bond acceptors (Lipinski definition) is 4. The maximum atomic E-state index is 11.1. The summed E-state index contributed by atoms with van der Waals surface area (Å²) in [5.74, 6) is 0.699. The number of aromatic amines is 1. The van der Waals surface area contributed by atoms with Gasteiger partial charge in [0.1, 0.15) is 5.76 Å². The van der Waals surface area contributed by atoms with Crippen LogP contribution in [0.4, 0.5) is 11.4 Å². The number of furan rings is 1. The van der Waals surface area contributed by atoms with Crippen molar-refractivity contribution < 1.29 is 14.3 Å². The first kappa shape index (κ1) is 16.7. The van der Waals surface area contributed by atoms with Crippen LogP contribution in [0.2, 0.25) is 0 Å². The van der Waals surface area contributed by atoms with Crippen LogP contribution >= 0.6 is 0 Å². The van der Waals surface area contributed by atoms with Gasteiger partial charge in [-0.15, -0.1) is 0 Å². The molecule has 27 heavy (non-hydrogen) atoms. The molecule has 0 unspecified atom stereocenters. The van der Waals surface area contributed by atoms with Crippen molar-refractivity contribution in [2.75, 3.05) is 5.32 Å². The molecule has 4 rings (SSSR count). The summed E-state index contributed by atoms with van der Waals surface area (Å²) in [7, 11) is 0. The molecule has 3 N–H and O–H groups in total. The second kappa shape index (κ2) is 6.84. The van der Waals surface area contributed by atoms with Gasteiger partial charge in [-0.3, -0.25) is 9.79 Å². The van der Waals surface area contributed by atoms with Crippen LogP contribution in [0.15, 0.2) is 70.3 Å². The highest BCUT2D eigenvalue weighted by molar-refractivity contribution is 6.03. The van der Waals surface area contributed by atoms with E-state index in [9.17, 15) is 9.90 Å². The van der Waals surface area contributed by atoms with E-state index in [4.69, 9.17) is 4.42 Å². The Hall–Kier alpha value is -3.80. The number of nitrogens with zero attached hydrogens (tertiary/aromatic N) is 1. The number of aromatic nitrogens is 1. The van der Waals surface area contributed by atoms with E-state index in [-0.39, 0.29) is 11.8 Å². The van der Waals surface area contributed by atoms with Gasteiger partial charge < -0.3 is 19.8 Å². The molecule has 6 nitrogen and oxygen atoms in total. The van der Waals surface area contributed by atoms with Crippen molar-refractivity contribution in [3.63, 3.8) is 0 Å². The van der Waals surface area contributed by atoms with Crippen LogP contribution in [0, 0.1) is 0 Å². The van der Waals surface area contributed by atoms with Crippen molar-refractivity contribution in [1.82, 2.24) is 4.98 Å². The van der Waals surface area contributed by atoms with Crippen molar-refractivity contribution in [2.45, 2.75) is 6.92 Å². The molecule has 0 radical (unpaired) electrons. The highest BCUT2D eigenvalue weighted by Gasteiger charge is 2.11. The fraction of sp³-hybridized carbons (Fsp3) is 0.0476. The molecule has 0 saturated carbocycles. The lowest BCUT2D eigenvalue weighted by atomic mass is 10.1. The third-order valence-corrected chi connectivity index (χ3v) is 4.15. The number of carbonyl (C=O) groups excluding carboxylic acids is 1. The van der Waals surface area contributed by atoms with E-state index in [0.717, 1.165) is 22.2 Å². The summed E-state index contributed by atoms with van der Waals surface area (Å²) in [5, 5.41) is 13.8. The van der Waals surface area contributed by atoms with Crippen LogP contribution in [-0.4, -0.2) is 22.2 Å². The van der Waals surface area contributed by atoms with Gasteiger partial charge in [0.05, 0.1) is 17.5 Å². The zero-order chi connectivity index (χ0) is 18.8. The molecule has 2 heterocycles. The number of H-pyrrole nitrogens is 1. The summed E-state index contributed by atoms with van der Waals surface area (Å²) in [6.07, 6.45) is 3.25. The summed E-state index contributed by atoms with van der Waals surface area (Å²) in [4.78, 5) is 18.4. The zero-order valence-corrected chi connectivity index (χ0v) is 14.6. The van der Waals surface area contributed by atoms with E-state index in [0.29, 0.717) is 16.9 Å². The molecule has 4 aromatic rings. The first-order valence-electron chi connectivity index (χ1n) is 8.40. The number of hydrogen-bond donors (Lipinski definition) is 3. The van der Waals surface area contributed by atoms with Crippen LogP contribution in [0.25, 0.3) is 22.2 Å². The number of aliphatic imine (C=N–C) groups is 1. The number of amides is 1. The topological polar surface area (TPSA) is 90.6 Å². The summed E-state index contributed by atoms with van der Waals surface area (Å²) in [6, 6.07) is 16.6. The third-order valence-electron chi connectivity index (χ3n) is 4.15. The average molecular weight is 359 g/mol. The Bertz CT molecular complexity index is 1120. The Balaban J connectivity index is 1.62. The van der Waals surface area contributed by atoms with Crippen LogP contribution in [0.3, 0.4) is 0 Å². The minimum atomic E-state index is -0.121. The van der Waals surface area contributed by atoms with Gasteiger partial charge in [0.15, 0.2) is 5.88 Å². The molecule has 1 amide bonds. The first-order valence-corrected chi connectivity index (χ1v) is 8.40. The van der Waals surface area contributed by atoms with Gasteiger partial charge in [-0.2, -0.15) is 0 Å². The van der Waals surface area contributed by atoms with E-state index >= 15 is 0 Å². The smallest absolute Gasteiger partial charge is 0.221 e. The predicted octanol–water partition coefficient (Wildman–Crippen LogP) is 4.84. The molecule has 2 aromatic carbocycles. The molecule has 0 aliphatic rings. The lowest BCUT2D eigenvalue weighted by molar-refractivity contribution is -0.114. The maximum absolute atomic E-state index is 11.1. The van der Waals surface area contributed by atoms with Crippen LogP contribution in [0.5, 0.6) is 5.88 Å². The number of fused-ring (bicyclic) bond motifs is 1. The second-order valence-electron chi connectivity index (χ2n) is 6.11. The first-order chi connectivity index (χ1) is 13.1. The molecule has 0 fully saturated rings. The maximum Gasteiger partial charge on any atom is 0.221 e. The summed E-state index contributed by atoms with van der Waals surface area (Å²) < 4.78 is 5.42. The number of benzene rings is 2. The molecule has 0 bridgehead atoms. The molecule has 0 aliphatic carbocycles. The molecular formula is C21H17N3O3. The Morgan fingerprint density at radius 1 is 1.19 bits per heavy atom. The zero-order valence-electron chi connectivity index (χ0n) is 14.6. The molecule has 2 aromatic heterocycles. The largest absolute Gasteiger partial charge is 0.494 e. The second-order valence-corrected chi connectivity index (χ2v) is 6.11. The van der Waals surface area contributed by atoms with Crippen molar-refractivity contribution in [2.24, 2.45) is 4.99 Å². The molecule has 0 aliphatic heterocycles. The van der Waals surface area contributed by atoms with E-state index < -0.39 is 0 Å². The van der Waals surface area contributed by atoms with E-state index in [2.05, 4.69) is 15.3 Å². The molecule has 0 atom stereocenters. The van der Waals surface area contributed by atoms with E-state index in [1.807, 2.05) is 30.3 Å². The molecule has 6 heteroatoms. The Morgan fingerprint density at radius 2 is 2.00 bits per heavy atom. The van der Waals surface area contributed by atoms with Gasteiger partial charge in [-0.25, -0.2) is 0 Å². The van der Waals surface area contributed by atoms with Crippen LogP contribution in [0.1, 0.15) is 12.5 Å². The van der Waals surface area contributed by atoms with Gasteiger partial charge >= 0.3 is 0 Å². The number of rotatable bonds is 4. The van der Waals surface area contributed by atoms with Crippen molar-refractivity contribution in [1.29, 1.82) is 0 Å². The number of nitrogens with one attached hydrogen (secondary N) is 2. The summed E-state index contributed by atoms with van der Waals surface area (Å²) >= 11 is 0. The van der Waals surface area contributed by atoms with E-state index in [1.165, 1.54) is 6.92 Å². The van der Waals surface area contributed by atoms with Crippen molar-refractivity contribution >= 4 is 34.4 Å². The van der Waals surface area contributed by atoms with Crippen molar-refractivity contribution in [3.8, 4) is 17.2 Å². The van der Waals surface area contributed by atoms with Crippen molar-refractivity contribution in [3.05, 3.63) is 66.4 Å². The minimum absolute atomic E-state index is 0.0558. The standard InChI is InChI=1S/C21H17N3O3/c1-13(25)23-16-7-5-15(6-8-16)22-12-18-17-9-4-14(20-3-2-10-27-20)11-19(17)24-21(18)26/h2-12,24,26H,1H3,(H,23,25). The lowest BCUT2D eigenvalue weighted by Crippen LogP contribution is -2.04. The number of carbonyl (C=O) groups is 1. The molecular weight excluding hydrogens is 342 g/mol. The van der Waals surface area contributed by atoms with Crippen LogP contribution < -0.4 is 5.32 Å². The van der Waals surface area contributed by atoms with Gasteiger partial charge in [-0.1, -0.05) is 12.1 Å². The Morgan fingerprint density at radius 3 is 2.70 bits per heavy atom. The van der Waals surface area contributed by atoms with Gasteiger partial charge in [-0.05, 0) is 42.5 Å². The molecule has 0 spiro atoms. The number of aromatic hydroxyl groups is 1. The Labute approximate surface area is 155 Å².